The number of aromatic amines is 2. The summed E-state index contributed by atoms with van der Waals surface area (Å²) in [6.45, 7) is 0. The van der Waals surface area contributed by atoms with Crippen LogP contribution in [0.4, 0.5) is 5.82 Å². The summed E-state index contributed by atoms with van der Waals surface area (Å²) in [5, 5.41) is 6.04. The molecule has 0 fully saturated rings. The van der Waals surface area contributed by atoms with Crippen molar-refractivity contribution >= 4 is 39.2 Å². The van der Waals surface area contributed by atoms with Gasteiger partial charge in [0.05, 0.1) is 21.3 Å². The minimum absolute atomic E-state index is 0.767. The molecule has 4 heteroatoms. The summed E-state index contributed by atoms with van der Waals surface area (Å²) in [4.78, 5) is 6.52. The molecule has 0 spiro atoms. The van der Waals surface area contributed by atoms with E-state index >= 15 is 0 Å². The Morgan fingerprint density at radius 1 is 1.25 bits per heavy atom. The highest BCUT2D eigenvalue weighted by molar-refractivity contribution is 6.35. The summed E-state index contributed by atoms with van der Waals surface area (Å²) in [6.07, 6.45) is 1.86. The third-order valence-corrected chi connectivity index (χ3v) is 3.12. The summed E-state index contributed by atoms with van der Waals surface area (Å²) in [5.74, 6) is 0.996. The largest absolute Gasteiger partial charge is 0.375 e. The van der Waals surface area contributed by atoms with Crippen molar-refractivity contribution in [1.29, 1.82) is 0 Å². The van der Waals surface area contributed by atoms with E-state index in [1.807, 2.05) is 31.4 Å². The summed E-state index contributed by atoms with van der Waals surface area (Å²) in [5.41, 5.74) is 2.15. The molecule has 0 amide bonds. The van der Waals surface area contributed by atoms with Gasteiger partial charge in [-0.3, -0.25) is 0 Å². The van der Waals surface area contributed by atoms with Crippen molar-refractivity contribution in [3.05, 3.63) is 35.5 Å². The van der Waals surface area contributed by atoms with Gasteiger partial charge < -0.3 is 10.3 Å². The van der Waals surface area contributed by atoms with Crippen LogP contribution >= 0.6 is 11.6 Å². The third-order valence-electron chi connectivity index (χ3n) is 2.79. The van der Waals surface area contributed by atoms with Crippen LogP contribution in [-0.2, 0) is 0 Å². The molecule has 2 aromatic heterocycles. The number of benzene rings is 1. The number of pyridine rings is 1. The quantitative estimate of drug-likeness (QED) is 0.666. The predicted octanol–water partition coefficient (Wildman–Crippen LogP) is 2.83. The Kier molecular flexibility index (Phi) is 2.01. The summed E-state index contributed by atoms with van der Waals surface area (Å²) >= 11 is 6.15. The van der Waals surface area contributed by atoms with Gasteiger partial charge in [0, 0.05) is 13.1 Å². The molecule has 3 rings (SSSR count). The molecule has 0 bridgehead atoms. The molecular formula is C12H11ClN3+. The van der Waals surface area contributed by atoms with Crippen molar-refractivity contribution in [2.24, 2.45) is 0 Å². The van der Waals surface area contributed by atoms with Crippen LogP contribution in [0.1, 0.15) is 0 Å². The number of hydrogen-bond acceptors (Lipinski definition) is 1. The first-order valence-corrected chi connectivity index (χ1v) is 5.47. The van der Waals surface area contributed by atoms with Crippen molar-refractivity contribution in [2.75, 3.05) is 12.4 Å². The fourth-order valence-electron chi connectivity index (χ4n) is 1.98. The molecule has 3 aromatic rings. The first-order chi connectivity index (χ1) is 7.79. The van der Waals surface area contributed by atoms with E-state index in [9.17, 15) is 0 Å². The maximum Gasteiger partial charge on any atom is 0.221 e. The zero-order chi connectivity index (χ0) is 11.1. The number of H-pyrrole nitrogens is 2. The molecule has 0 radical (unpaired) electrons. The summed E-state index contributed by atoms with van der Waals surface area (Å²) in [6, 6.07) is 8.00. The van der Waals surface area contributed by atoms with Crippen LogP contribution in [0.15, 0.2) is 30.5 Å². The fourth-order valence-corrected chi connectivity index (χ4v) is 2.20. The van der Waals surface area contributed by atoms with E-state index in [1.54, 1.807) is 0 Å². The average Bonchev–Trinajstić information content (AvgIpc) is 2.72. The van der Waals surface area contributed by atoms with Gasteiger partial charge in [-0.2, -0.15) is 0 Å². The molecule has 0 aliphatic rings. The molecule has 0 atom stereocenters. The SMILES string of the molecule is CNc1cc2c(ccc3c(Cl)cc[nH+]c32)[nH]1. The lowest BCUT2D eigenvalue weighted by Crippen LogP contribution is -2.01. The van der Waals surface area contributed by atoms with Gasteiger partial charge in [-0.05, 0) is 18.2 Å². The van der Waals surface area contributed by atoms with E-state index < -0.39 is 0 Å². The molecule has 80 valence electrons. The second kappa shape index (κ2) is 3.39. The first-order valence-electron chi connectivity index (χ1n) is 5.09. The van der Waals surface area contributed by atoms with Gasteiger partial charge in [0.1, 0.15) is 5.82 Å². The molecule has 0 aliphatic heterocycles. The fraction of sp³-hybridized carbons (Fsp3) is 0.0833. The van der Waals surface area contributed by atoms with E-state index in [1.165, 1.54) is 0 Å². The van der Waals surface area contributed by atoms with Crippen LogP contribution in [0, 0.1) is 0 Å². The standard InChI is InChI=1S/C12H10ClN3/c1-14-11-6-8-10(16-11)3-2-7-9(13)4-5-15-12(7)8/h2-6,14,16H,1H3/p+1. The van der Waals surface area contributed by atoms with Crippen molar-refractivity contribution in [1.82, 2.24) is 4.98 Å². The van der Waals surface area contributed by atoms with E-state index in [0.717, 1.165) is 32.6 Å². The number of nitrogens with one attached hydrogen (secondary N) is 3. The van der Waals surface area contributed by atoms with Gasteiger partial charge in [-0.15, -0.1) is 0 Å². The number of rotatable bonds is 1. The Morgan fingerprint density at radius 3 is 2.94 bits per heavy atom. The van der Waals surface area contributed by atoms with Crippen LogP contribution in [0.2, 0.25) is 5.02 Å². The van der Waals surface area contributed by atoms with Crippen LogP contribution in [0.3, 0.4) is 0 Å². The van der Waals surface area contributed by atoms with Crippen LogP contribution in [0.5, 0.6) is 0 Å². The maximum atomic E-state index is 6.15. The Bertz CT molecular complexity index is 672. The van der Waals surface area contributed by atoms with Crippen molar-refractivity contribution < 1.29 is 4.98 Å². The smallest absolute Gasteiger partial charge is 0.221 e. The minimum Gasteiger partial charge on any atom is -0.375 e. The number of anilines is 1. The van der Waals surface area contributed by atoms with Gasteiger partial charge in [0.15, 0.2) is 6.20 Å². The molecular weight excluding hydrogens is 222 g/mol. The van der Waals surface area contributed by atoms with E-state index in [-0.39, 0.29) is 0 Å². The first kappa shape index (κ1) is 9.48. The van der Waals surface area contributed by atoms with Crippen LogP contribution < -0.4 is 10.3 Å². The molecule has 1 aromatic carbocycles. The maximum absolute atomic E-state index is 6.15. The molecule has 0 saturated heterocycles. The molecule has 16 heavy (non-hydrogen) atoms. The molecule has 2 heterocycles. The summed E-state index contributed by atoms with van der Waals surface area (Å²) < 4.78 is 0. The average molecular weight is 233 g/mol. The lowest BCUT2D eigenvalue weighted by Gasteiger charge is -1.95. The Labute approximate surface area is 97.4 Å². The Balaban J connectivity index is 2.48. The Hall–Kier alpha value is -1.74. The van der Waals surface area contributed by atoms with E-state index in [4.69, 9.17) is 11.6 Å². The molecule has 3 N–H and O–H groups in total. The molecule has 0 aliphatic carbocycles. The number of halogens is 1. The normalized spacial score (nSPS) is 11.1. The number of fused-ring (bicyclic) bond motifs is 3. The van der Waals surface area contributed by atoms with Crippen molar-refractivity contribution in [3.8, 4) is 0 Å². The van der Waals surface area contributed by atoms with Crippen molar-refractivity contribution in [3.63, 3.8) is 0 Å². The van der Waals surface area contributed by atoms with E-state index in [0.29, 0.717) is 0 Å². The lowest BCUT2D eigenvalue weighted by atomic mass is 10.1. The highest BCUT2D eigenvalue weighted by Gasteiger charge is 2.11. The van der Waals surface area contributed by atoms with Gasteiger partial charge in [-0.1, -0.05) is 11.6 Å². The Morgan fingerprint density at radius 2 is 2.12 bits per heavy atom. The molecule has 0 saturated carbocycles. The number of hydrogen-bond donors (Lipinski definition) is 2. The van der Waals surface area contributed by atoms with Crippen LogP contribution in [0.25, 0.3) is 21.8 Å². The van der Waals surface area contributed by atoms with Gasteiger partial charge in [0.2, 0.25) is 5.52 Å². The van der Waals surface area contributed by atoms with Gasteiger partial charge in [0.25, 0.3) is 0 Å². The molecule has 0 unspecified atom stereocenters. The zero-order valence-electron chi connectivity index (χ0n) is 8.76. The highest BCUT2D eigenvalue weighted by Crippen LogP contribution is 2.28. The van der Waals surface area contributed by atoms with Gasteiger partial charge >= 0.3 is 0 Å². The molecule has 3 nitrogen and oxygen atoms in total. The highest BCUT2D eigenvalue weighted by atomic mass is 35.5. The monoisotopic (exact) mass is 232 g/mol. The van der Waals surface area contributed by atoms with Crippen molar-refractivity contribution in [2.45, 2.75) is 0 Å². The van der Waals surface area contributed by atoms with Gasteiger partial charge in [-0.25, -0.2) is 4.98 Å². The number of aromatic nitrogens is 2. The predicted molar refractivity (Wildman–Crippen MR) is 66.9 cm³/mol. The zero-order valence-corrected chi connectivity index (χ0v) is 9.52. The topological polar surface area (TPSA) is 42.0 Å². The second-order valence-corrected chi connectivity index (χ2v) is 4.12. The lowest BCUT2D eigenvalue weighted by molar-refractivity contribution is -0.343. The summed E-state index contributed by atoms with van der Waals surface area (Å²) in [7, 11) is 1.89. The second-order valence-electron chi connectivity index (χ2n) is 3.71. The van der Waals surface area contributed by atoms with Crippen LogP contribution in [-0.4, -0.2) is 12.0 Å². The minimum atomic E-state index is 0.767. The third kappa shape index (κ3) is 1.25. The van der Waals surface area contributed by atoms with E-state index in [2.05, 4.69) is 21.4 Å².